The maximum Gasteiger partial charge on any atom is 0.120 e. The van der Waals surface area contributed by atoms with Crippen LogP contribution in [0.15, 0.2) is 18.2 Å². The first-order chi connectivity index (χ1) is 6.18. The van der Waals surface area contributed by atoms with Crippen LogP contribution in [-0.2, 0) is 6.42 Å². The van der Waals surface area contributed by atoms with E-state index < -0.39 is 12.2 Å². The Kier molecular flexibility index (Phi) is 1.96. The molecule has 1 aliphatic carbocycles. The Hall–Kier alpha value is -1.09. The van der Waals surface area contributed by atoms with Crippen LogP contribution in [-0.4, -0.2) is 6.17 Å². The van der Waals surface area contributed by atoms with Crippen LogP contribution in [0.2, 0.25) is 0 Å². The van der Waals surface area contributed by atoms with Crippen LogP contribution in [0.3, 0.4) is 0 Å². The van der Waals surface area contributed by atoms with Crippen LogP contribution in [0, 0.1) is 0 Å². The van der Waals surface area contributed by atoms with Gasteiger partial charge < -0.3 is 11.5 Å². The third kappa shape index (κ3) is 1.40. The number of anilines is 1. The lowest BCUT2D eigenvalue weighted by Gasteiger charge is -2.25. The van der Waals surface area contributed by atoms with Gasteiger partial charge in [-0.3, -0.25) is 0 Å². The average Bonchev–Trinajstić information content (AvgIpc) is 2.12. The monoisotopic (exact) mass is 180 g/mol. The van der Waals surface area contributed by atoms with Gasteiger partial charge in [-0.25, -0.2) is 4.39 Å². The van der Waals surface area contributed by atoms with E-state index in [1.54, 1.807) is 6.07 Å². The highest BCUT2D eigenvalue weighted by Crippen LogP contribution is 2.31. The zero-order valence-corrected chi connectivity index (χ0v) is 7.33. The summed E-state index contributed by atoms with van der Waals surface area (Å²) >= 11 is 0. The fourth-order valence-corrected chi connectivity index (χ4v) is 1.82. The minimum absolute atomic E-state index is 0.493. The van der Waals surface area contributed by atoms with Crippen molar-refractivity contribution in [3.8, 4) is 0 Å². The zero-order chi connectivity index (χ0) is 9.42. The number of nitrogens with two attached hydrogens (primary N) is 2. The molecule has 0 unspecified atom stereocenters. The molecule has 0 aromatic heterocycles. The first-order valence-electron chi connectivity index (χ1n) is 4.46. The molecule has 0 heterocycles. The van der Waals surface area contributed by atoms with Gasteiger partial charge in [0.15, 0.2) is 0 Å². The molecule has 0 spiro atoms. The fraction of sp³-hybridized carbons (Fsp3) is 0.400. The second-order valence-electron chi connectivity index (χ2n) is 3.54. The van der Waals surface area contributed by atoms with E-state index in [1.807, 2.05) is 12.1 Å². The van der Waals surface area contributed by atoms with Gasteiger partial charge >= 0.3 is 0 Å². The first kappa shape index (κ1) is 8.51. The van der Waals surface area contributed by atoms with Crippen molar-refractivity contribution in [2.24, 2.45) is 5.73 Å². The molecular formula is C10H13FN2. The summed E-state index contributed by atoms with van der Waals surface area (Å²) in [7, 11) is 0. The minimum atomic E-state index is -0.922. The van der Waals surface area contributed by atoms with E-state index >= 15 is 0 Å². The maximum atomic E-state index is 13.2. The highest BCUT2D eigenvalue weighted by atomic mass is 19.1. The number of hydrogen-bond donors (Lipinski definition) is 2. The summed E-state index contributed by atoms with van der Waals surface area (Å²) in [6.07, 6.45) is 0.372. The fourth-order valence-electron chi connectivity index (χ4n) is 1.82. The van der Waals surface area contributed by atoms with Gasteiger partial charge in [-0.1, -0.05) is 6.07 Å². The summed E-state index contributed by atoms with van der Waals surface area (Å²) in [5, 5.41) is 0. The van der Waals surface area contributed by atoms with Crippen LogP contribution in [0.5, 0.6) is 0 Å². The van der Waals surface area contributed by atoms with Gasteiger partial charge in [0, 0.05) is 5.69 Å². The van der Waals surface area contributed by atoms with Crippen molar-refractivity contribution in [2.45, 2.75) is 25.1 Å². The quantitative estimate of drug-likeness (QED) is 0.595. The lowest BCUT2D eigenvalue weighted by atomic mass is 9.87. The molecule has 1 aromatic rings. The van der Waals surface area contributed by atoms with Crippen molar-refractivity contribution in [1.82, 2.24) is 0 Å². The van der Waals surface area contributed by atoms with Gasteiger partial charge in [-0.05, 0) is 36.1 Å². The molecule has 2 rings (SSSR count). The minimum Gasteiger partial charge on any atom is -0.399 e. The van der Waals surface area contributed by atoms with E-state index in [0.717, 1.165) is 17.5 Å². The highest BCUT2D eigenvalue weighted by Gasteiger charge is 2.26. The molecule has 70 valence electrons. The number of fused-ring (bicyclic) bond motifs is 1. The number of nitrogen functional groups attached to an aromatic ring is 1. The normalized spacial score (nSPS) is 26.9. The molecule has 0 bridgehead atoms. The molecule has 0 saturated carbocycles. The van der Waals surface area contributed by atoms with E-state index in [0.29, 0.717) is 12.1 Å². The van der Waals surface area contributed by atoms with E-state index in [1.165, 1.54) is 0 Å². The predicted molar refractivity (Wildman–Crippen MR) is 51.0 cm³/mol. The Bertz CT molecular complexity index is 325. The molecule has 2 nitrogen and oxygen atoms in total. The Balaban J connectivity index is 2.45. The van der Waals surface area contributed by atoms with Crippen molar-refractivity contribution in [3.63, 3.8) is 0 Å². The molecule has 1 aromatic carbocycles. The van der Waals surface area contributed by atoms with Crippen LogP contribution >= 0.6 is 0 Å². The molecule has 1 aliphatic rings. The second kappa shape index (κ2) is 3.00. The summed E-state index contributed by atoms with van der Waals surface area (Å²) in [6.45, 7) is 0. The largest absolute Gasteiger partial charge is 0.399 e. The summed E-state index contributed by atoms with van der Waals surface area (Å²) in [4.78, 5) is 0. The van der Waals surface area contributed by atoms with Crippen molar-refractivity contribution in [2.75, 3.05) is 5.73 Å². The summed E-state index contributed by atoms with van der Waals surface area (Å²) in [6, 6.07) is 5.07. The maximum absolute atomic E-state index is 13.2. The lowest BCUT2D eigenvalue weighted by Crippen LogP contribution is -2.28. The number of hydrogen-bond acceptors (Lipinski definition) is 2. The van der Waals surface area contributed by atoms with Crippen molar-refractivity contribution >= 4 is 5.69 Å². The van der Waals surface area contributed by atoms with Gasteiger partial charge in [0.05, 0.1) is 6.04 Å². The molecule has 3 heteroatoms. The Morgan fingerprint density at radius 2 is 2.15 bits per heavy atom. The van der Waals surface area contributed by atoms with Crippen LogP contribution in [0.1, 0.15) is 23.6 Å². The van der Waals surface area contributed by atoms with E-state index in [4.69, 9.17) is 11.5 Å². The van der Waals surface area contributed by atoms with Crippen LogP contribution in [0.4, 0.5) is 10.1 Å². The van der Waals surface area contributed by atoms with Crippen molar-refractivity contribution in [3.05, 3.63) is 29.3 Å². The number of rotatable bonds is 0. The van der Waals surface area contributed by atoms with Crippen molar-refractivity contribution in [1.29, 1.82) is 0 Å². The predicted octanol–water partition coefficient (Wildman–Crippen LogP) is 1.55. The molecule has 0 saturated heterocycles. The summed E-state index contributed by atoms with van der Waals surface area (Å²) < 4.78 is 13.2. The SMILES string of the molecule is Nc1ccc2c(c1)[C@H](N)[C@@H](F)CC2. The van der Waals surface area contributed by atoms with Crippen LogP contribution in [0.25, 0.3) is 0 Å². The molecule has 0 fully saturated rings. The molecule has 0 radical (unpaired) electrons. The molecule has 13 heavy (non-hydrogen) atoms. The molecule has 2 atom stereocenters. The Morgan fingerprint density at radius 1 is 1.38 bits per heavy atom. The van der Waals surface area contributed by atoms with Gasteiger partial charge in [-0.15, -0.1) is 0 Å². The Labute approximate surface area is 76.7 Å². The van der Waals surface area contributed by atoms with Gasteiger partial charge in [0.1, 0.15) is 6.17 Å². The van der Waals surface area contributed by atoms with E-state index in [2.05, 4.69) is 0 Å². The topological polar surface area (TPSA) is 52.0 Å². The van der Waals surface area contributed by atoms with Gasteiger partial charge in [0.25, 0.3) is 0 Å². The molecule has 4 N–H and O–H groups in total. The number of halogens is 1. The lowest BCUT2D eigenvalue weighted by molar-refractivity contribution is 0.255. The molecular weight excluding hydrogens is 167 g/mol. The molecule has 0 aliphatic heterocycles. The Morgan fingerprint density at radius 3 is 2.92 bits per heavy atom. The number of aryl methyl sites for hydroxylation is 1. The number of alkyl halides is 1. The third-order valence-corrected chi connectivity index (χ3v) is 2.61. The summed E-state index contributed by atoms with van der Waals surface area (Å²) in [5.74, 6) is 0. The summed E-state index contributed by atoms with van der Waals surface area (Å²) in [5.41, 5.74) is 14.0. The second-order valence-corrected chi connectivity index (χ2v) is 3.54. The van der Waals surface area contributed by atoms with Gasteiger partial charge in [-0.2, -0.15) is 0 Å². The number of benzene rings is 1. The van der Waals surface area contributed by atoms with E-state index in [9.17, 15) is 4.39 Å². The van der Waals surface area contributed by atoms with Gasteiger partial charge in [0.2, 0.25) is 0 Å². The average molecular weight is 180 g/mol. The first-order valence-corrected chi connectivity index (χ1v) is 4.46. The van der Waals surface area contributed by atoms with Crippen LogP contribution < -0.4 is 11.5 Å². The molecule has 0 amide bonds. The smallest absolute Gasteiger partial charge is 0.120 e. The zero-order valence-electron chi connectivity index (χ0n) is 7.33. The highest BCUT2D eigenvalue weighted by molar-refractivity contribution is 5.47. The standard InChI is InChI=1S/C10H13FN2/c11-9-4-2-6-1-3-7(12)5-8(6)10(9)13/h1,3,5,9-10H,2,4,12-13H2/t9-,10-/m0/s1. The van der Waals surface area contributed by atoms with E-state index in [-0.39, 0.29) is 0 Å². The van der Waals surface area contributed by atoms with Crippen molar-refractivity contribution < 1.29 is 4.39 Å². The third-order valence-electron chi connectivity index (χ3n) is 2.61.